The Morgan fingerprint density at radius 2 is 1.33 bits per heavy atom. The zero-order valence-corrected chi connectivity index (χ0v) is 10.9. The maximum absolute atomic E-state index is 11.0. The largest absolute Gasteiger partial charge is 0.465 e. The number of hydrogen-bond donors (Lipinski definition) is 3. The van der Waals surface area contributed by atoms with E-state index in [2.05, 4.69) is 10.6 Å². The van der Waals surface area contributed by atoms with Crippen LogP contribution in [0, 0.1) is 0 Å². The Balaban J connectivity index is 3.89. The topological polar surface area (TPSA) is 98.7 Å². The molecule has 18 heavy (non-hydrogen) atoms. The lowest BCUT2D eigenvalue weighted by Crippen LogP contribution is -2.41. The Kier molecular flexibility index (Phi) is 8.34. The van der Waals surface area contributed by atoms with Gasteiger partial charge in [0.15, 0.2) is 0 Å². The second kappa shape index (κ2) is 9.26. The van der Waals surface area contributed by atoms with Gasteiger partial charge in [0.25, 0.3) is 0 Å². The molecule has 0 radical (unpaired) electrons. The van der Waals surface area contributed by atoms with Crippen molar-refractivity contribution < 1.29 is 19.5 Å². The van der Waals surface area contributed by atoms with Crippen LogP contribution in [0.5, 0.6) is 0 Å². The number of nitrogens with zero attached hydrogens (tertiary/aromatic N) is 1. The minimum atomic E-state index is -1.06. The van der Waals surface area contributed by atoms with Crippen molar-refractivity contribution in [2.24, 2.45) is 0 Å². The molecule has 3 amide bonds. The summed E-state index contributed by atoms with van der Waals surface area (Å²) < 4.78 is 0. The first-order chi connectivity index (χ1) is 8.51. The van der Waals surface area contributed by atoms with Crippen LogP contribution in [0.4, 0.5) is 4.79 Å². The van der Waals surface area contributed by atoms with Crippen molar-refractivity contribution in [3.8, 4) is 0 Å². The fraction of sp³-hybridized carbons (Fsp3) is 0.727. The van der Waals surface area contributed by atoms with Crippen LogP contribution in [0.15, 0.2) is 0 Å². The predicted octanol–water partition coefficient (Wildman–Crippen LogP) is 0.0188. The van der Waals surface area contributed by atoms with Crippen LogP contribution < -0.4 is 10.6 Å². The van der Waals surface area contributed by atoms with Gasteiger partial charge in [-0.25, -0.2) is 4.79 Å². The molecule has 0 fully saturated rings. The van der Waals surface area contributed by atoms with Gasteiger partial charge in [0.1, 0.15) is 0 Å². The lowest BCUT2D eigenvalue weighted by molar-refractivity contribution is -0.121. The molecule has 0 bridgehead atoms. The summed E-state index contributed by atoms with van der Waals surface area (Å²) in [6, 6.07) is 0. The van der Waals surface area contributed by atoms with E-state index in [9.17, 15) is 14.4 Å². The molecule has 0 saturated carbocycles. The van der Waals surface area contributed by atoms with Gasteiger partial charge in [-0.15, -0.1) is 0 Å². The molecule has 0 saturated heterocycles. The van der Waals surface area contributed by atoms with E-state index in [1.165, 1.54) is 0 Å². The van der Waals surface area contributed by atoms with Gasteiger partial charge in [0.2, 0.25) is 11.8 Å². The van der Waals surface area contributed by atoms with Gasteiger partial charge >= 0.3 is 6.09 Å². The average molecular weight is 259 g/mol. The van der Waals surface area contributed by atoms with E-state index in [0.717, 1.165) is 4.90 Å². The molecule has 0 aliphatic carbocycles. The van der Waals surface area contributed by atoms with E-state index < -0.39 is 6.09 Å². The summed E-state index contributed by atoms with van der Waals surface area (Å²) in [4.78, 5) is 34.0. The monoisotopic (exact) mass is 259 g/mol. The molecule has 0 heterocycles. The molecule has 3 N–H and O–H groups in total. The van der Waals surface area contributed by atoms with E-state index in [0.29, 0.717) is 12.8 Å². The fourth-order valence-electron chi connectivity index (χ4n) is 1.21. The highest BCUT2D eigenvalue weighted by Gasteiger charge is 2.11. The maximum atomic E-state index is 11.0. The summed E-state index contributed by atoms with van der Waals surface area (Å²) in [5, 5.41) is 14.1. The van der Waals surface area contributed by atoms with E-state index in [4.69, 9.17) is 5.11 Å². The van der Waals surface area contributed by atoms with Crippen LogP contribution in [0.25, 0.3) is 0 Å². The first-order valence-corrected chi connectivity index (χ1v) is 6.02. The highest BCUT2D eigenvalue weighted by atomic mass is 16.4. The van der Waals surface area contributed by atoms with Gasteiger partial charge in [-0.1, -0.05) is 13.8 Å². The molecule has 0 rings (SSSR count). The van der Waals surface area contributed by atoms with Crippen molar-refractivity contribution in [2.75, 3.05) is 26.2 Å². The SMILES string of the molecule is CCC(=O)NCCN(CCNC(=O)CC)C(=O)O. The van der Waals surface area contributed by atoms with Crippen LogP contribution >= 0.6 is 0 Å². The summed E-state index contributed by atoms with van der Waals surface area (Å²) in [6.07, 6.45) is -0.314. The molecule has 0 unspecified atom stereocenters. The first-order valence-electron chi connectivity index (χ1n) is 6.02. The first kappa shape index (κ1) is 16.2. The normalized spacial score (nSPS) is 9.67. The summed E-state index contributed by atoms with van der Waals surface area (Å²) in [6.45, 7) is 4.43. The van der Waals surface area contributed by atoms with Gasteiger partial charge in [-0.3, -0.25) is 9.59 Å². The van der Waals surface area contributed by atoms with Crippen LogP contribution in [0.1, 0.15) is 26.7 Å². The standard InChI is InChI=1S/C11H21N3O4/c1-3-9(15)12-5-7-14(11(17)18)8-6-13-10(16)4-2/h3-8H2,1-2H3,(H,12,15)(H,13,16)(H,17,18). The van der Waals surface area contributed by atoms with Crippen molar-refractivity contribution >= 4 is 17.9 Å². The Bertz CT molecular complexity index is 272. The van der Waals surface area contributed by atoms with Crippen molar-refractivity contribution in [3.63, 3.8) is 0 Å². The van der Waals surface area contributed by atoms with Crippen LogP contribution in [-0.4, -0.2) is 54.1 Å². The van der Waals surface area contributed by atoms with Gasteiger partial charge < -0.3 is 20.6 Å². The smallest absolute Gasteiger partial charge is 0.407 e. The highest BCUT2D eigenvalue weighted by molar-refractivity contribution is 5.76. The molecule has 0 spiro atoms. The third-order valence-corrected chi connectivity index (χ3v) is 2.32. The molecular formula is C11H21N3O4. The molecule has 0 aromatic carbocycles. The van der Waals surface area contributed by atoms with Crippen molar-refractivity contribution in [1.82, 2.24) is 15.5 Å². The van der Waals surface area contributed by atoms with Gasteiger partial charge in [0, 0.05) is 39.0 Å². The lowest BCUT2D eigenvalue weighted by Gasteiger charge is -2.19. The van der Waals surface area contributed by atoms with Gasteiger partial charge in [-0.05, 0) is 0 Å². The summed E-state index contributed by atoms with van der Waals surface area (Å²) in [5.74, 6) is -0.223. The Labute approximate surface area is 107 Å². The van der Waals surface area contributed by atoms with Crippen LogP contribution in [-0.2, 0) is 9.59 Å². The van der Waals surface area contributed by atoms with E-state index in [1.807, 2.05) is 0 Å². The van der Waals surface area contributed by atoms with E-state index >= 15 is 0 Å². The van der Waals surface area contributed by atoms with E-state index in [1.54, 1.807) is 13.8 Å². The molecule has 7 nitrogen and oxygen atoms in total. The van der Waals surface area contributed by atoms with Crippen LogP contribution in [0.3, 0.4) is 0 Å². The molecule has 7 heteroatoms. The molecule has 0 aliphatic heterocycles. The third-order valence-electron chi connectivity index (χ3n) is 2.32. The molecule has 0 aromatic rings. The highest BCUT2D eigenvalue weighted by Crippen LogP contribution is 1.88. The number of rotatable bonds is 8. The average Bonchev–Trinajstić information content (AvgIpc) is 2.35. The Hall–Kier alpha value is -1.79. The zero-order chi connectivity index (χ0) is 14.0. The fourth-order valence-corrected chi connectivity index (χ4v) is 1.21. The zero-order valence-electron chi connectivity index (χ0n) is 10.9. The molecule has 0 aliphatic rings. The molecule has 0 aromatic heterocycles. The number of carbonyl (C=O) groups is 3. The minimum absolute atomic E-state index is 0.111. The quantitative estimate of drug-likeness (QED) is 0.572. The van der Waals surface area contributed by atoms with E-state index in [-0.39, 0.29) is 38.0 Å². The Morgan fingerprint density at radius 1 is 0.944 bits per heavy atom. The summed E-state index contributed by atoms with van der Waals surface area (Å²) in [5.41, 5.74) is 0. The third kappa shape index (κ3) is 7.48. The Morgan fingerprint density at radius 3 is 1.61 bits per heavy atom. The van der Waals surface area contributed by atoms with Crippen molar-refractivity contribution in [2.45, 2.75) is 26.7 Å². The van der Waals surface area contributed by atoms with Gasteiger partial charge in [-0.2, -0.15) is 0 Å². The molecule has 0 atom stereocenters. The summed E-state index contributed by atoms with van der Waals surface area (Å²) >= 11 is 0. The van der Waals surface area contributed by atoms with Crippen molar-refractivity contribution in [1.29, 1.82) is 0 Å². The number of carbonyl (C=O) groups excluding carboxylic acids is 2. The molecule has 104 valence electrons. The lowest BCUT2D eigenvalue weighted by atomic mass is 10.4. The van der Waals surface area contributed by atoms with Crippen LogP contribution in [0.2, 0.25) is 0 Å². The summed E-state index contributed by atoms with van der Waals surface area (Å²) in [7, 11) is 0. The second-order valence-electron chi connectivity index (χ2n) is 3.68. The van der Waals surface area contributed by atoms with Gasteiger partial charge in [0.05, 0.1) is 0 Å². The number of hydrogen-bond acceptors (Lipinski definition) is 3. The predicted molar refractivity (Wildman–Crippen MR) is 66.2 cm³/mol. The number of amides is 3. The molecular weight excluding hydrogens is 238 g/mol. The minimum Gasteiger partial charge on any atom is -0.465 e. The second-order valence-corrected chi connectivity index (χ2v) is 3.68. The number of carboxylic acid groups (broad SMARTS) is 1. The van der Waals surface area contributed by atoms with Crippen molar-refractivity contribution in [3.05, 3.63) is 0 Å². The number of nitrogens with one attached hydrogen (secondary N) is 2. The maximum Gasteiger partial charge on any atom is 0.407 e.